The Morgan fingerprint density at radius 2 is 1.89 bits per heavy atom. The second-order valence-corrected chi connectivity index (χ2v) is 3.74. The number of amides is 1. The number of hydrogen-bond donors (Lipinski definition) is 1. The molecule has 0 aromatic heterocycles. The highest BCUT2D eigenvalue weighted by atomic mass is 19.4. The van der Waals surface area contributed by atoms with Gasteiger partial charge in [-0.3, -0.25) is 9.59 Å². The van der Waals surface area contributed by atoms with Gasteiger partial charge in [-0.1, -0.05) is 0 Å². The number of halogens is 3. The van der Waals surface area contributed by atoms with E-state index < -0.39 is 30.0 Å². The van der Waals surface area contributed by atoms with Crippen molar-refractivity contribution in [2.75, 3.05) is 18.1 Å². The summed E-state index contributed by atoms with van der Waals surface area (Å²) < 4.78 is 37.6. The highest BCUT2D eigenvalue weighted by molar-refractivity contribution is 6.52. The van der Waals surface area contributed by atoms with Crippen LogP contribution in [0.3, 0.4) is 0 Å². The zero-order chi connectivity index (χ0) is 13.5. The molecule has 0 atom stereocenters. The maximum Gasteiger partial charge on any atom is 0.416 e. The third kappa shape index (κ3) is 1.86. The number of carbonyl (C=O) groups excluding carboxylic acids is 2. The van der Waals surface area contributed by atoms with Gasteiger partial charge in [0.2, 0.25) is 0 Å². The van der Waals surface area contributed by atoms with Crippen LogP contribution in [0.15, 0.2) is 18.2 Å². The van der Waals surface area contributed by atoms with Crippen molar-refractivity contribution in [1.29, 1.82) is 0 Å². The Kier molecular flexibility index (Phi) is 2.86. The Morgan fingerprint density at radius 1 is 1.22 bits per heavy atom. The van der Waals surface area contributed by atoms with Gasteiger partial charge in [0.05, 0.1) is 23.4 Å². The van der Waals surface area contributed by atoms with Gasteiger partial charge in [0, 0.05) is 6.54 Å². The van der Waals surface area contributed by atoms with Crippen molar-refractivity contribution in [2.45, 2.75) is 6.18 Å². The molecular formula is C11H8F3NO3. The van der Waals surface area contributed by atoms with Crippen LogP contribution in [0.1, 0.15) is 15.9 Å². The minimum Gasteiger partial charge on any atom is -0.395 e. The lowest BCUT2D eigenvalue weighted by Gasteiger charge is -2.16. The number of ketones is 1. The van der Waals surface area contributed by atoms with Crippen molar-refractivity contribution < 1.29 is 27.9 Å². The Balaban J connectivity index is 2.52. The minimum atomic E-state index is -4.55. The van der Waals surface area contributed by atoms with Crippen molar-refractivity contribution in [1.82, 2.24) is 0 Å². The fourth-order valence-corrected chi connectivity index (χ4v) is 1.79. The van der Waals surface area contributed by atoms with Crippen molar-refractivity contribution >= 4 is 17.4 Å². The minimum absolute atomic E-state index is 0.0681. The van der Waals surface area contributed by atoms with Crippen LogP contribution in [0.5, 0.6) is 0 Å². The van der Waals surface area contributed by atoms with E-state index in [-0.39, 0.29) is 17.8 Å². The summed E-state index contributed by atoms with van der Waals surface area (Å²) in [6.45, 7) is -0.645. The average molecular weight is 259 g/mol. The second-order valence-electron chi connectivity index (χ2n) is 3.74. The Labute approximate surface area is 99.6 Å². The van der Waals surface area contributed by atoms with Gasteiger partial charge in [-0.2, -0.15) is 13.2 Å². The van der Waals surface area contributed by atoms with Crippen LogP contribution in [0.25, 0.3) is 0 Å². The van der Waals surface area contributed by atoms with Crippen LogP contribution in [0, 0.1) is 0 Å². The number of nitrogens with zero attached hydrogens (tertiary/aromatic N) is 1. The Morgan fingerprint density at radius 3 is 2.44 bits per heavy atom. The Hall–Kier alpha value is -1.89. The van der Waals surface area contributed by atoms with Gasteiger partial charge in [0.15, 0.2) is 0 Å². The fourth-order valence-electron chi connectivity index (χ4n) is 1.79. The van der Waals surface area contributed by atoms with Crippen LogP contribution in [-0.4, -0.2) is 29.9 Å². The van der Waals surface area contributed by atoms with E-state index in [0.717, 1.165) is 23.1 Å². The monoisotopic (exact) mass is 259 g/mol. The summed E-state index contributed by atoms with van der Waals surface area (Å²) >= 11 is 0. The van der Waals surface area contributed by atoms with Gasteiger partial charge in [-0.25, -0.2) is 0 Å². The third-order valence-corrected chi connectivity index (χ3v) is 2.62. The van der Waals surface area contributed by atoms with Gasteiger partial charge in [-0.05, 0) is 18.2 Å². The molecule has 2 rings (SSSR count). The molecular weight excluding hydrogens is 251 g/mol. The van der Waals surface area contributed by atoms with Gasteiger partial charge in [0.1, 0.15) is 0 Å². The molecule has 1 heterocycles. The highest BCUT2D eigenvalue weighted by Gasteiger charge is 2.38. The number of hydrogen-bond acceptors (Lipinski definition) is 3. The number of alkyl halides is 3. The van der Waals surface area contributed by atoms with Crippen LogP contribution < -0.4 is 4.90 Å². The molecule has 0 bridgehead atoms. The van der Waals surface area contributed by atoms with Crippen molar-refractivity contribution in [3.63, 3.8) is 0 Å². The van der Waals surface area contributed by atoms with Gasteiger partial charge >= 0.3 is 6.18 Å². The number of β-amino-alcohol motifs (C(OH)–C–C–N with tert-alkyl or cyclic N) is 1. The summed E-state index contributed by atoms with van der Waals surface area (Å²) in [6.07, 6.45) is -4.55. The lowest BCUT2D eigenvalue weighted by Crippen LogP contribution is -2.32. The lowest BCUT2D eigenvalue weighted by atomic mass is 10.1. The normalized spacial score (nSPS) is 15.2. The van der Waals surface area contributed by atoms with Gasteiger partial charge in [-0.15, -0.1) is 0 Å². The molecule has 0 fully saturated rings. The molecule has 0 spiro atoms. The van der Waals surface area contributed by atoms with E-state index in [1.807, 2.05) is 0 Å². The standard InChI is InChI=1S/C11H8F3NO3/c12-11(13,14)6-1-2-7-8(5-6)15(3-4-16)10(18)9(7)17/h1-2,5,16H,3-4H2. The molecule has 18 heavy (non-hydrogen) atoms. The zero-order valence-electron chi connectivity index (χ0n) is 8.99. The van der Waals surface area contributed by atoms with E-state index >= 15 is 0 Å². The first-order chi connectivity index (χ1) is 8.36. The second kappa shape index (κ2) is 4.09. The van der Waals surface area contributed by atoms with Crippen molar-refractivity contribution in [3.8, 4) is 0 Å². The zero-order valence-corrected chi connectivity index (χ0v) is 8.99. The van der Waals surface area contributed by atoms with Crippen LogP contribution in [-0.2, 0) is 11.0 Å². The molecule has 0 saturated heterocycles. The van der Waals surface area contributed by atoms with E-state index in [2.05, 4.69) is 0 Å². The molecule has 0 saturated carbocycles. The first-order valence-corrected chi connectivity index (χ1v) is 5.04. The van der Waals surface area contributed by atoms with Crippen LogP contribution >= 0.6 is 0 Å². The largest absolute Gasteiger partial charge is 0.416 e. The molecule has 1 amide bonds. The SMILES string of the molecule is O=C1C(=O)N(CCO)c2cc(C(F)(F)F)ccc21. The molecule has 0 aliphatic carbocycles. The quantitative estimate of drug-likeness (QED) is 0.812. The summed E-state index contributed by atoms with van der Waals surface area (Å²) in [4.78, 5) is 23.8. The number of aliphatic hydroxyl groups excluding tert-OH is 1. The predicted molar refractivity (Wildman–Crippen MR) is 55.2 cm³/mol. The number of benzene rings is 1. The molecule has 0 unspecified atom stereocenters. The van der Waals surface area contributed by atoms with Crippen LogP contribution in [0.2, 0.25) is 0 Å². The lowest BCUT2D eigenvalue weighted by molar-refractivity contribution is -0.137. The molecule has 1 aliphatic heterocycles. The molecule has 1 aromatic carbocycles. The molecule has 96 valence electrons. The molecule has 1 N–H and O–H groups in total. The molecule has 4 nitrogen and oxygen atoms in total. The number of carbonyl (C=O) groups is 2. The van der Waals surface area contributed by atoms with E-state index in [4.69, 9.17) is 5.11 Å². The molecule has 7 heteroatoms. The maximum absolute atomic E-state index is 12.5. The summed E-state index contributed by atoms with van der Waals surface area (Å²) in [5, 5.41) is 8.76. The average Bonchev–Trinajstić information content (AvgIpc) is 2.53. The first kappa shape index (κ1) is 12.6. The molecule has 1 aliphatic rings. The molecule has 1 aromatic rings. The predicted octanol–water partition coefficient (Wildman–Crippen LogP) is 1.23. The third-order valence-electron chi connectivity index (χ3n) is 2.62. The van der Waals surface area contributed by atoms with Gasteiger partial charge < -0.3 is 10.0 Å². The summed E-state index contributed by atoms with van der Waals surface area (Å²) in [7, 11) is 0. The summed E-state index contributed by atoms with van der Waals surface area (Å²) in [5.41, 5.74) is -1.11. The van der Waals surface area contributed by atoms with Crippen molar-refractivity contribution in [3.05, 3.63) is 29.3 Å². The number of anilines is 1. The van der Waals surface area contributed by atoms with Crippen molar-refractivity contribution in [2.24, 2.45) is 0 Å². The highest BCUT2D eigenvalue weighted by Crippen LogP contribution is 2.36. The summed E-state index contributed by atoms with van der Waals surface area (Å²) in [6, 6.07) is 2.48. The summed E-state index contributed by atoms with van der Waals surface area (Å²) in [5.74, 6) is -1.77. The van der Waals surface area contributed by atoms with Gasteiger partial charge in [0.25, 0.3) is 11.7 Å². The number of rotatable bonds is 2. The number of aliphatic hydroxyl groups is 1. The first-order valence-electron chi connectivity index (χ1n) is 5.04. The Bertz CT molecular complexity index is 525. The maximum atomic E-state index is 12.5. The number of Topliss-reactive ketones (excluding diaryl/α,β-unsaturated/α-hetero) is 1. The van der Waals surface area contributed by atoms with E-state index in [9.17, 15) is 22.8 Å². The number of fused-ring (bicyclic) bond motifs is 1. The van der Waals surface area contributed by atoms with E-state index in [1.165, 1.54) is 0 Å². The van der Waals surface area contributed by atoms with E-state index in [0.29, 0.717) is 0 Å². The smallest absolute Gasteiger partial charge is 0.395 e. The van der Waals surface area contributed by atoms with E-state index in [1.54, 1.807) is 0 Å². The topological polar surface area (TPSA) is 57.6 Å². The molecule has 0 radical (unpaired) electrons. The fraction of sp³-hybridized carbons (Fsp3) is 0.273. The van der Waals surface area contributed by atoms with Crippen LogP contribution in [0.4, 0.5) is 18.9 Å².